The van der Waals surface area contributed by atoms with E-state index < -0.39 is 0 Å². The highest BCUT2D eigenvalue weighted by atomic mass is 16.2. The van der Waals surface area contributed by atoms with Gasteiger partial charge in [0.2, 0.25) is 5.95 Å². The number of aromatic amines is 1. The molecule has 1 atom stereocenters. The monoisotopic (exact) mass is 440 g/mol. The Hall–Kier alpha value is -3.74. The summed E-state index contributed by atoms with van der Waals surface area (Å²) in [6, 6.07) is 16.3. The molecule has 0 radical (unpaired) electrons. The molecule has 2 aromatic heterocycles. The first-order valence-electron chi connectivity index (χ1n) is 11.3. The third-order valence-corrected chi connectivity index (χ3v) is 6.31. The molecule has 1 aliphatic heterocycles. The molecule has 4 aromatic rings. The molecule has 2 aromatic carbocycles. The van der Waals surface area contributed by atoms with E-state index in [-0.39, 0.29) is 11.8 Å². The molecule has 1 N–H and O–H groups in total. The van der Waals surface area contributed by atoms with Gasteiger partial charge in [-0.05, 0) is 37.5 Å². The highest BCUT2D eigenvalue weighted by molar-refractivity contribution is 6.04. The second kappa shape index (κ2) is 8.65. The van der Waals surface area contributed by atoms with E-state index in [1.807, 2.05) is 73.4 Å². The number of anilines is 1. The minimum absolute atomic E-state index is 0.0281. The minimum atomic E-state index is -0.0281. The van der Waals surface area contributed by atoms with Gasteiger partial charge < -0.3 is 9.80 Å². The third kappa shape index (κ3) is 4.06. The van der Waals surface area contributed by atoms with Crippen LogP contribution in [0.15, 0.2) is 54.7 Å². The maximum absolute atomic E-state index is 13.5. The van der Waals surface area contributed by atoms with E-state index >= 15 is 0 Å². The van der Waals surface area contributed by atoms with Crippen molar-refractivity contribution >= 4 is 22.8 Å². The summed E-state index contributed by atoms with van der Waals surface area (Å²) in [5.74, 6) is 0.785. The van der Waals surface area contributed by atoms with Crippen LogP contribution in [0.1, 0.15) is 40.5 Å². The van der Waals surface area contributed by atoms with E-state index in [0.717, 1.165) is 52.7 Å². The summed E-state index contributed by atoms with van der Waals surface area (Å²) in [5, 5.41) is 8.25. The van der Waals surface area contributed by atoms with E-state index in [2.05, 4.69) is 27.3 Å². The fourth-order valence-electron chi connectivity index (χ4n) is 4.58. The summed E-state index contributed by atoms with van der Waals surface area (Å²) in [5.41, 5.74) is 5.61. The maximum Gasteiger partial charge on any atom is 0.275 e. The molecule has 1 fully saturated rings. The van der Waals surface area contributed by atoms with Crippen molar-refractivity contribution in [2.75, 3.05) is 32.1 Å². The van der Waals surface area contributed by atoms with Crippen molar-refractivity contribution in [1.29, 1.82) is 0 Å². The van der Waals surface area contributed by atoms with Gasteiger partial charge in [0, 0.05) is 50.2 Å². The predicted octanol–water partition coefficient (Wildman–Crippen LogP) is 4.41. The molecule has 7 heteroatoms. The number of fused-ring (bicyclic) bond motifs is 1. The lowest BCUT2D eigenvalue weighted by molar-refractivity contribution is 0.0702. The molecule has 7 nitrogen and oxygen atoms in total. The molecule has 3 heterocycles. The van der Waals surface area contributed by atoms with Gasteiger partial charge in [0.15, 0.2) is 5.69 Å². The van der Waals surface area contributed by atoms with E-state index in [1.165, 1.54) is 0 Å². The number of hydrogen-bond acceptors (Lipinski definition) is 5. The van der Waals surface area contributed by atoms with Crippen LogP contribution in [0.5, 0.6) is 0 Å². The van der Waals surface area contributed by atoms with E-state index in [9.17, 15) is 4.79 Å². The van der Waals surface area contributed by atoms with Crippen molar-refractivity contribution in [3.63, 3.8) is 0 Å². The number of carbonyl (C=O) groups excluding carboxylic acids is 1. The molecule has 0 bridgehead atoms. The summed E-state index contributed by atoms with van der Waals surface area (Å²) >= 11 is 0. The lowest BCUT2D eigenvalue weighted by Gasteiger charge is -2.33. The Labute approximate surface area is 193 Å². The SMILES string of the molecule is Cc1ccc2[nH]nc(C(=O)N3CCC[C@H](c4nc(N(C)C)ncc4-c4ccccc4)C3)c2c1. The summed E-state index contributed by atoms with van der Waals surface area (Å²) < 4.78 is 0. The first-order chi connectivity index (χ1) is 16.0. The van der Waals surface area contributed by atoms with Gasteiger partial charge in [0.25, 0.3) is 5.91 Å². The molecule has 5 rings (SSSR count). The Balaban J connectivity index is 1.49. The van der Waals surface area contributed by atoms with Gasteiger partial charge >= 0.3 is 0 Å². The van der Waals surface area contributed by atoms with Crippen LogP contribution in [0, 0.1) is 6.92 Å². The average molecular weight is 441 g/mol. The summed E-state index contributed by atoms with van der Waals surface area (Å²) in [4.78, 5) is 26.9. The predicted molar refractivity (Wildman–Crippen MR) is 131 cm³/mol. The number of benzene rings is 2. The van der Waals surface area contributed by atoms with E-state index in [1.54, 1.807) is 0 Å². The van der Waals surface area contributed by atoms with Crippen molar-refractivity contribution < 1.29 is 4.79 Å². The van der Waals surface area contributed by atoms with Crippen molar-refractivity contribution in [3.05, 3.63) is 71.7 Å². The number of hydrogen-bond donors (Lipinski definition) is 1. The van der Waals surface area contributed by atoms with E-state index in [4.69, 9.17) is 4.98 Å². The van der Waals surface area contributed by atoms with Crippen molar-refractivity contribution in [2.45, 2.75) is 25.7 Å². The second-order valence-corrected chi connectivity index (χ2v) is 8.94. The molecule has 1 amide bonds. The molecular weight excluding hydrogens is 412 g/mol. The number of amides is 1. The number of likely N-dealkylation sites (tertiary alicyclic amines) is 1. The van der Waals surface area contributed by atoms with Crippen LogP contribution < -0.4 is 4.90 Å². The van der Waals surface area contributed by atoms with Crippen LogP contribution >= 0.6 is 0 Å². The Bertz CT molecular complexity index is 1300. The number of nitrogens with one attached hydrogen (secondary N) is 1. The summed E-state index contributed by atoms with van der Waals surface area (Å²) in [6.45, 7) is 3.37. The quantitative estimate of drug-likeness (QED) is 0.508. The number of carbonyl (C=O) groups is 1. The molecule has 168 valence electrons. The summed E-state index contributed by atoms with van der Waals surface area (Å²) in [6.07, 6.45) is 3.82. The molecule has 0 unspecified atom stereocenters. The number of nitrogens with zero attached hydrogens (tertiary/aromatic N) is 5. The fraction of sp³-hybridized carbons (Fsp3) is 0.308. The molecule has 1 saturated heterocycles. The fourth-order valence-corrected chi connectivity index (χ4v) is 4.58. The van der Waals surface area contributed by atoms with Gasteiger partial charge in [-0.25, -0.2) is 9.97 Å². The van der Waals surface area contributed by atoms with Crippen LogP contribution in [0.25, 0.3) is 22.0 Å². The van der Waals surface area contributed by atoms with Gasteiger partial charge in [0.05, 0.1) is 11.2 Å². The Morgan fingerprint density at radius 2 is 1.97 bits per heavy atom. The second-order valence-electron chi connectivity index (χ2n) is 8.94. The average Bonchev–Trinajstić information content (AvgIpc) is 3.26. The number of H-pyrrole nitrogens is 1. The Morgan fingerprint density at radius 3 is 2.76 bits per heavy atom. The van der Waals surface area contributed by atoms with Gasteiger partial charge in [-0.1, -0.05) is 42.0 Å². The number of rotatable bonds is 4. The Kier molecular flexibility index (Phi) is 5.54. The lowest BCUT2D eigenvalue weighted by Crippen LogP contribution is -2.39. The zero-order valence-electron chi connectivity index (χ0n) is 19.2. The topological polar surface area (TPSA) is 78.0 Å². The van der Waals surface area contributed by atoms with Crippen LogP contribution in [0.2, 0.25) is 0 Å². The van der Waals surface area contributed by atoms with Crippen LogP contribution in [0.3, 0.4) is 0 Å². The van der Waals surface area contributed by atoms with E-state index in [0.29, 0.717) is 18.2 Å². The zero-order chi connectivity index (χ0) is 22.9. The van der Waals surface area contributed by atoms with Crippen molar-refractivity contribution in [1.82, 2.24) is 25.1 Å². The molecule has 0 spiro atoms. The smallest absolute Gasteiger partial charge is 0.275 e. The van der Waals surface area contributed by atoms with Crippen molar-refractivity contribution in [2.24, 2.45) is 0 Å². The third-order valence-electron chi connectivity index (χ3n) is 6.31. The van der Waals surface area contributed by atoms with Gasteiger partial charge in [-0.3, -0.25) is 9.89 Å². The minimum Gasteiger partial charge on any atom is -0.347 e. The Morgan fingerprint density at radius 1 is 1.15 bits per heavy atom. The number of aromatic nitrogens is 4. The van der Waals surface area contributed by atoms with Gasteiger partial charge in [0.1, 0.15) is 0 Å². The molecule has 0 saturated carbocycles. The van der Waals surface area contributed by atoms with Crippen molar-refractivity contribution in [3.8, 4) is 11.1 Å². The number of aryl methyl sites for hydroxylation is 1. The van der Waals surface area contributed by atoms with Crippen LogP contribution in [0.4, 0.5) is 5.95 Å². The molecule has 33 heavy (non-hydrogen) atoms. The zero-order valence-corrected chi connectivity index (χ0v) is 19.2. The summed E-state index contributed by atoms with van der Waals surface area (Å²) in [7, 11) is 3.89. The van der Waals surface area contributed by atoms with Crippen LogP contribution in [-0.2, 0) is 0 Å². The van der Waals surface area contributed by atoms with Crippen LogP contribution in [-0.4, -0.2) is 58.2 Å². The van der Waals surface area contributed by atoms with Gasteiger partial charge in [-0.15, -0.1) is 0 Å². The highest BCUT2D eigenvalue weighted by Crippen LogP contribution is 2.34. The number of piperidine rings is 1. The highest BCUT2D eigenvalue weighted by Gasteiger charge is 2.30. The van der Waals surface area contributed by atoms with Gasteiger partial charge in [-0.2, -0.15) is 5.10 Å². The molecule has 1 aliphatic rings. The lowest BCUT2D eigenvalue weighted by atomic mass is 9.89. The first kappa shape index (κ1) is 21.1. The largest absolute Gasteiger partial charge is 0.347 e. The molecular formula is C26H28N6O. The first-order valence-corrected chi connectivity index (χ1v) is 11.3. The standard InChI is InChI=1S/C26H28N6O/c1-17-11-12-22-20(14-17)24(30-29-22)25(33)32-13-7-10-19(16-32)23-21(18-8-5-4-6-9-18)15-27-26(28-23)31(2)3/h4-6,8-9,11-12,14-15,19H,7,10,13,16H2,1-3H3,(H,29,30)/t19-/m0/s1. The normalized spacial score (nSPS) is 16.2. The molecule has 0 aliphatic carbocycles. The maximum atomic E-state index is 13.5.